The van der Waals surface area contributed by atoms with Gasteiger partial charge in [-0.05, 0) is 44.0 Å². The van der Waals surface area contributed by atoms with E-state index in [4.69, 9.17) is 0 Å². The predicted molar refractivity (Wildman–Crippen MR) is 130 cm³/mol. The minimum atomic E-state index is -0.231. The van der Waals surface area contributed by atoms with Crippen LogP contribution in [0.2, 0.25) is 0 Å². The van der Waals surface area contributed by atoms with E-state index < -0.39 is 0 Å². The number of carbonyl (C=O) groups is 1. The summed E-state index contributed by atoms with van der Waals surface area (Å²) in [7, 11) is 0. The van der Waals surface area contributed by atoms with Crippen molar-refractivity contribution in [1.29, 1.82) is 0 Å². The minimum absolute atomic E-state index is 0.0356. The van der Waals surface area contributed by atoms with Crippen LogP contribution in [0.5, 0.6) is 0 Å². The van der Waals surface area contributed by atoms with Gasteiger partial charge in [0.2, 0.25) is 5.91 Å². The van der Waals surface area contributed by atoms with Gasteiger partial charge in [-0.1, -0.05) is 42.1 Å². The average molecular weight is 464 g/mol. The van der Waals surface area contributed by atoms with Crippen molar-refractivity contribution in [3.8, 4) is 5.69 Å². The highest BCUT2D eigenvalue weighted by Gasteiger charge is 2.16. The first-order valence-corrected chi connectivity index (χ1v) is 11.6. The number of para-hydroxylation sites is 2. The molecule has 0 spiro atoms. The number of rotatable bonds is 8. The summed E-state index contributed by atoms with van der Waals surface area (Å²) in [5.74, 6) is 0.421. The molecule has 0 radical (unpaired) electrons. The molecule has 0 unspecified atom stereocenters. The number of aliphatic hydroxyl groups excluding tert-OH is 1. The standard InChI is InChI=1S/C24H25N5O3S/c1-16-8-3-6-11-20(16)29-21(14-17(2)27-29)26-22(31)15-33-24-25-19-10-5-4-9-18(19)23(32)28(24)12-7-13-30/h3-6,8-11,14,30H,7,12-13,15H2,1-2H3,(H,26,31). The zero-order valence-corrected chi connectivity index (χ0v) is 19.3. The molecule has 0 saturated heterocycles. The van der Waals surface area contributed by atoms with Crippen LogP contribution in [0, 0.1) is 13.8 Å². The highest BCUT2D eigenvalue weighted by Crippen LogP contribution is 2.22. The molecule has 1 amide bonds. The summed E-state index contributed by atoms with van der Waals surface area (Å²) in [4.78, 5) is 30.3. The molecule has 0 bridgehead atoms. The molecule has 0 atom stereocenters. The fourth-order valence-corrected chi connectivity index (χ4v) is 4.39. The van der Waals surface area contributed by atoms with Gasteiger partial charge in [-0.15, -0.1) is 0 Å². The summed E-state index contributed by atoms with van der Waals surface area (Å²) in [6, 6.07) is 16.8. The number of hydrogen-bond donors (Lipinski definition) is 2. The van der Waals surface area contributed by atoms with Crippen molar-refractivity contribution in [3.63, 3.8) is 0 Å². The summed E-state index contributed by atoms with van der Waals surface area (Å²) in [5.41, 5.74) is 3.13. The molecule has 2 aromatic heterocycles. The summed E-state index contributed by atoms with van der Waals surface area (Å²) < 4.78 is 3.25. The number of nitrogens with one attached hydrogen (secondary N) is 1. The summed E-state index contributed by atoms with van der Waals surface area (Å²) in [6.07, 6.45) is 0.425. The Morgan fingerprint density at radius 3 is 2.67 bits per heavy atom. The van der Waals surface area contributed by atoms with Gasteiger partial charge >= 0.3 is 0 Å². The summed E-state index contributed by atoms with van der Waals surface area (Å²) in [5, 5.41) is 17.6. The van der Waals surface area contributed by atoms with E-state index in [-0.39, 0.29) is 23.8 Å². The van der Waals surface area contributed by atoms with Gasteiger partial charge in [0.1, 0.15) is 5.82 Å². The fourth-order valence-electron chi connectivity index (χ4n) is 3.57. The SMILES string of the molecule is Cc1cc(NC(=O)CSc2nc3ccccc3c(=O)n2CCCO)n(-c2ccccc2C)n1. The van der Waals surface area contributed by atoms with Crippen LogP contribution in [0.25, 0.3) is 16.6 Å². The lowest BCUT2D eigenvalue weighted by molar-refractivity contribution is -0.113. The van der Waals surface area contributed by atoms with Crippen molar-refractivity contribution in [2.75, 3.05) is 17.7 Å². The van der Waals surface area contributed by atoms with Gasteiger partial charge in [-0.3, -0.25) is 14.2 Å². The molecule has 8 nitrogen and oxygen atoms in total. The van der Waals surface area contributed by atoms with Crippen LogP contribution in [0.15, 0.2) is 64.5 Å². The zero-order valence-electron chi connectivity index (χ0n) is 18.5. The molecule has 0 aliphatic heterocycles. The molecule has 2 N–H and O–H groups in total. The fraction of sp³-hybridized carbons (Fsp3) is 0.250. The van der Waals surface area contributed by atoms with E-state index >= 15 is 0 Å². The molecule has 0 aliphatic rings. The van der Waals surface area contributed by atoms with Crippen molar-refractivity contribution in [1.82, 2.24) is 19.3 Å². The number of nitrogens with zero attached hydrogens (tertiary/aromatic N) is 4. The van der Waals surface area contributed by atoms with Gasteiger partial charge in [0.25, 0.3) is 5.56 Å². The number of hydrogen-bond acceptors (Lipinski definition) is 6. The number of anilines is 1. The third-order valence-electron chi connectivity index (χ3n) is 5.14. The van der Waals surface area contributed by atoms with Gasteiger partial charge in [-0.25, -0.2) is 9.67 Å². The molecule has 9 heteroatoms. The lowest BCUT2D eigenvalue weighted by Crippen LogP contribution is -2.25. The van der Waals surface area contributed by atoms with E-state index in [2.05, 4.69) is 15.4 Å². The van der Waals surface area contributed by atoms with Crippen molar-refractivity contribution in [2.45, 2.75) is 32.0 Å². The second-order valence-corrected chi connectivity index (χ2v) is 8.59. The molecule has 0 fully saturated rings. The second-order valence-electron chi connectivity index (χ2n) is 7.65. The maximum absolute atomic E-state index is 12.9. The van der Waals surface area contributed by atoms with Crippen LogP contribution in [-0.2, 0) is 11.3 Å². The number of amides is 1. The van der Waals surface area contributed by atoms with E-state index in [1.54, 1.807) is 22.9 Å². The Balaban J connectivity index is 1.56. The third-order valence-corrected chi connectivity index (χ3v) is 6.12. The second kappa shape index (κ2) is 10.0. The van der Waals surface area contributed by atoms with Crippen LogP contribution < -0.4 is 10.9 Å². The monoisotopic (exact) mass is 463 g/mol. The third kappa shape index (κ3) is 4.99. The first kappa shape index (κ1) is 22.8. The van der Waals surface area contributed by atoms with Gasteiger partial charge in [0, 0.05) is 19.2 Å². The molecule has 4 aromatic rings. The van der Waals surface area contributed by atoms with Crippen molar-refractivity contribution >= 4 is 34.4 Å². The van der Waals surface area contributed by atoms with Gasteiger partial charge in [0.15, 0.2) is 5.16 Å². The van der Waals surface area contributed by atoms with E-state index in [0.29, 0.717) is 34.8 Å². The van der Waals surface area contributed by atoms with E-state index in [1.807, 2.05) is 50.2 Å². The molecule has 0 aliphatic carbocycles. The normalized spacial score (nSPS) is 11.1. The topological polar surface area (TPSA) is 102 Å². The van der Waals surface area contributed by atoms with Crippen LogP contribution in [0.1, 0.15) is 17.7 Å². The average Bonchev–Trinajstić information content (AvgIpc) is 3.17. The Morgan fingerprint density at radius 2 is 1.88 bits per heavy atom. The first-order valence-electron chi connectivity index (χ1n) is 10.6. The number of aryl methyl sites for hydroxylation is 2. The number of aliphatic hydroxyl groups is 1. The van der Waals surface area contributed by atoms with Crippen LogP contribution in [0.3, 0.4) is 0 Å². The summed E-state index contributed by atoms with van der Waals surface area (Å²) >= 11 is 1.19. The van der Waals surface area contributed by atoms with Gasteiger partial charge < -0.3 is 10.4 Å². The summed E-state index contributed by atoms with van der Waals surface area (Å²) in [6.45, 7) is 4.16. The molecule has 0 saturated carbocycles. The minimum Gasteiger partial charge on any atom is -0.396 e. The molecule has 2 aromatic carbocycles. The number of benzene rings is 2. The van der Waals surface area contributed by atoms with Gasteiger partial charge in [0.05, 0.1) is 28.0 Å². The predicted octanol–water partition coefficient (Wildman–Crippen LogP) is 3.31. The van der Waals surface area contributed by atoms with Crippen molar-refractivity contribution in [3.05, 3.63) is 76.2 Å². The van der Waals surface area contributed by atoms with E-state index in [0.717, 1.165) is 16.9 Å². The Bertz CT molecular complexity index is 1360. The van der Waals surface area contributed by atoms with Crippen molar-refractivity contribution < 1.29 is 9.90 Å². The number of aromatic nitrogens is 4. The zero-order chi connectivity index (χ0) is 23.4. The molecular weight excluding hydrogens is 438 g/mol. The van der Waals surface area contributed by atoms with E-state index in [9.17, 15) is 14.7 Å². The number of carbonyl (C=O) groups excluding carboxylic acids is 1. The Hall–Kier alpha value is -3.43. The highest BCUT2D eigenvalue weighted by molar-refractivity contribution is 7.99. The maximum atomic E-state index is 12.9. The van der Waals surface area contributed by atoms with Crippen LogP contribution in [0.4, 0.5) is 5.82 Å². The molecule has 2 heterocycles. The van der Waals surface area contributed by atoms with Crippen LogP contribution >= 0.6 is 11.8 Å². The molecular formula is C24H25N5O3S. The molecule has 33 heavy (non-hydrogen) atoms. The lowest BCUT2D eigenvalue weighted by Gasteiger charge is -2.13. The number of fused-ring (bicyclic) bond motifs is 1. The number of thioether (sulfide) groups is 1. The van der Waals surface area contributed by atoms with E-state index in [1.165, 1.54) is 16.3 Å². The Kier molecular flexibility index (Phi) is 6.90. The first-order chi connectivity index (χ1) is 16.0. The van der Waals surface area contributed by atoms with Gasteiger partial charge in [-0.2, -0.15) is 5.10 Å². The Morgan fingerprint density at radius 1 is 1.12 bits per heavy atom. The molecule has 4 rings (SSSR count). The highest BCUT2D eigenvalue weighted by atomic mass is 32.2. The molecule has 170 valence electrons. The van der Waals surface area contributed by atoms with Crippen LogP contribution in [-0.4, -0.2) is 42.7 Å². The maximum Gasteiger partial charge on any atom is 0.262 e. The quantitative estimate of drug-likeness (QED) is 0.307. The van der Waals surface area contributed by atoms with Crippen molar-refractivity contribution in [2.24, 2.45) is 0 Å². The smallest absolute Gasteiger partial charge is 0.262 e. The largest absolute Gasteiger partial charge is 0.396 e. The lowest BCUT2D eigenvalue weighted by atomic mass is 10.2. The Labute approximate surface area is 195 Å².